The van der Waals surface area contributed by atoms with E-state index in [4.69, 9.17) is 4.74 Å². The molecule has 2 N–H and O–H groups in total. The Balaban J connectivity index is 1.03. The van der Waals surface area contributed by atoms with E-state index < -0.39 is 12.1 Å². The third-order valence-electron chi connectivity index (χ3n) is 7.26. The van der Waals surface area contributed by atoms with Crippen LogP contribution in [0, 0.1) is 0 Å². The quantitative estimate of drug-likeness (QED) is 0.224. The number of aromatic nitrogens is 3. The van der Waals surface area contributed by atoms with Gasteiger partial charge in [-0.3, -0.25) is 9.69 Å². The van der Waals surface area contributed by atoms with Crippen molar-refractivity contribution < 1.29 is 14.3 Å². The summed E-state index contributed by atoms with van der Waals surface area (Å²) in [6.07, 6.45) is 3.11. The number of amides is 2. The molecule has 1 saturated heterocycles. The number of carbonyl (C=O) groups excluding carboxylic acids is 2. The number of anilines is 1. The highest BCUT2D eigenvalue weighted by molar-refractivity contribution is 9.10. The molecule has 0 saturated carbocycles. The molecular weight excluding hydrogens is 610 g/mol. The highest BCUT2D eigenvalue weighted by Gasteiger charge is 2.37. The van der Waals surface area contributed by atoms with Crippen LogP contribution in [-0.4, -0.2) is 56.1 Å². The number of nitrogens with one attached hydrogen (secondary N) is 2. The zero-order chi connectivity index (χ0) is 27.2. The van der Waals surface area contributed by atoms with Gasteiger partial charge in [0.2, 0.25) is 5.91 Å². The minimum absolute atomic E-state index is 0.0343. The number of halogens is 1. The molecule has 2 aliphatic rings. The number of thiazole rings is 1. The van der Waals surface area contributed by atoms with Crippen molar-refractivity contribution in [2.75, 3.05) is 23.6 Å². The number of hydrogen-bond acceptors (Lipinski definition) is 7. The third kappa shape index (κ3) is 4.47. The van der Waals surface area contributed by atoms with Crippen molar-refractivity contribution >= 4 is 67.2 Å². The Labute approximate surface area is 246 Å². The second-order valence-corrected chi connectivity index (χ2v) is 12.3. The molecule has 1 aliphatic carbocycles. The van der Waals surface area contributed by atoms with Gasteiger partial charge >= 0.3 is 6.09 Å². The summed E-state index contributed by atoms with van der Waals surface area (Å²) >= 11 is 6.34. The van der Waals surface area contributed by atoms with Gasteiger partial charge in [0, 0.05) is 44.9 Å². The molecule has 0 unspecified atom stereocenters. The first-order chi connectivity index (χ1) is 19.6. The van der Waals surface area contributed by atoms with Crippen molar-refractivity contribution in [1.82, 2.24) is 19.9 Å². The summed E-state index contributed by atoms with van der Waals surface area (Å²) in [4.78, 5) is 40.1. The summed E-state index contributed by atoms with van der Waals surface area (Å²) in [7, 11) is 0. The normalized spacial score (nSPS) is 16.2. The standard InChI is InChI=1S/C29H22BrN5O3S2/c30-16-9-21-22(11-32-26(21)31-10-16)24-13-40-28(33-24)34-27(36)25-14-39-15-35(25)29(37)38-12-23-19-7-3-1-5-17(19)18-6-2-4-8-20(18)23/h1-11,13,23,25H,12,14-15H2,(H,31,32)(H,33,34,36)/t25-/m1/s1. The average Bonchev–Trinajstić information content (AvgIpc) is 3.76. The number of rotatable bonds is 5. The summed E-state index contributed by atoms with van der Waals surface area (Å²) in [6.45, 7) is 0.216. The van der Waals surface area contributed by atoms with Crippen LogP contribution in [0.3, 0.4) is 0 Å². The molecule has 200 valence electrons. The number of H-pyrrole nitrogens is 1. The van der Waals surface area contributed by atoms with Crippen LogP contribution in [0.4, 0.5) is 9.93 Å². The zero-order valence-electron chi connectivity index (χ0n) is 21.0. The molecule has 0 spiro atoms. The zero-order valence-corrected chi connectivity index (χ0v) is 24.2. The Morgan fingerprint density at radius 1 is 1.10 bits per heavy atom. The second kappa shape index (κ2) is 10.4. The first-order valence-electron chi connectivity index (χ1n) is 12.7. The number of hydrogen-bond donors (Lipinski definition) is 2. The van der Waals surface area contributed by atoms with E-state index in [1.807, 2.05) is 41.9 Å². The molecular formula is C29H22BrN5O3S2. The minimum Gasteiger partial charge on any atom is -0.448 e. The molecule has 0 radical (unpaired) electrons. The fourth-order valence-electron chi connectivity index (χ4n) is 5.35. The van der Waals surface area contributed by atoms with Gasteiger partial charge < -0.3 is 15.0 Å². The lowest BCUT2D eigenvalue weighted by atomic mass is 9.98. The smallest absolute Gasteiger partial charge is 0.411 e. The Kier molecular flexibility index (Phi) is 6.57. The summed E-state index contributed by atoms with van der Waals surface area (Å²) < 4.78 is 6.70. The van der Waals surface area contributed by atoms with Crippen LogP contribution in [0.5, 0.6) is 0 Å². The predicted octanol–water partition coefficient (Wildman–Crippen LogP) is 6.71. The highest BCUT2D eigenvalue weighted by Crippen LogP contribution is 2.44. The molecule has 3 aromatic heterocycles. The van der Waals surface area contributed by atoms with E-state index in [-0.39, 0.29) is 18.4 Å². The van der Waals surface area contributed by atoms with Crippen molar-refractivity contribution in [3.8, 4) is 22.4 Å². The van der Waals surface area contributed by atoms with E-state index in [1.54, 1.807) is 6.20 Å². The van der Waals surface area contributed by atoms with E-state index in [0.717, 1.165) is 37.9 Å². The highest BCUT2D eigenvalue weighted by atomic mass is 79.9. The molecule has 1 fully saturated rings. The Hall–Kier alpha value is -3.67. The number of carbonyl (C=O) groups is 2. The Morgan fingerprint density at radius 2 is 1.85 bits per heavy atom. The molecule has 8 nitrogen and oxygen atoms in total. The number of benzene rings is 2. The first-order valence-corrected chi connectivity index (χ1v) is 15.5. The maximum absolute atomic E-state index is 13.2. The van der Waals surface area contributed by atoms with Crippen LogP contribution in [0.25, 0.3) is 33.4 Å². The van der Waals surface area contributed by atoms with Crippen LogP contribution in [0.15, 0.2) is 76.8 Å². The number of nitrogens with zero attached hydrogens (tertiary/aromatic N) is 3. The van der Waals surface area contributed by atoms with E-state index in [1.165, 1.54) is 39.1 Å². The molecule has 0 bridgehead atoms. The van der Waals surface area contributed by atoms with Crippen molar-refractivity contribution in [3.63, 3.8) is 0 Å². The van der Waals surface area contributed by atoms with Gasteiger partial charge in [-0.15, -0.1) is 23.1 Å². The second-order valence-electron chi connectivity index (χ2n) is 9.57. The Bertz CT molecular complexity index is 1720. The minimum atomic E-state index is -0.638. The summed E-state index contributed by atoms with van der Waals surface area (Å²) in [6, 6.07) is 17.8. The predicted molar refractivity (Wildman–Crippen MR) is 162 cm³/mol. The van der Waals surface area contributed by atoms with Crippen molar-refractivity contribution in [3.05, 3.63) is 88.0 Å². The molecule has 4 heterocycles. The summed E-state index contributed by atoms with van der Waals surface area (Å²) in [5, 5.41) is 6.21. The molecule has 1 aliphatic heterocycles. The van der Waals surface area contributed by atoms with Crippen molar-refractivity contribution in [1.29, 1.82) is 0 Å². The largest absolute Gasteiger partial charge is 0.448 e. The fourth-order valence-corrected chi connectivity index (χ4v) is 7.54. The van der Waals surface area contributed by atoms with Crippen LogP contribution in [-0.2, 0) is 9.53 Å². The van der Waals surface area contributed by atoms with E-state index in [9.17, 15) is 9.59 Å². The van der Waals surface area contributed by atoms with Gasteiger partial charge in [-0.2, -0.15) is 0 Å². The van der Waals surface area contributed by atoms with Gasteiger partial charge in [-0.25, -0.2) is 14.8 Å². The lowest BCUT2D eigenvalue weighted by Crippen LogP contribution is -2.45. The average molecular weight is 633 g/mol. The van der Waals surface area contributed by atoms with Crippen LogP contribution < -0.4 is 5.32 Å². The third-order valence-corrected chi connectivity index (χ3v) is 9.47. The van der Waals surface area contributed by atoms with Gasteiger partial charge in [0.05, 0.1) is 11.6 Å². The van der Waals surface area contributed by atoms with Gasteiger partial charge in [0.1, 0.15) is 18.3 Å². The first kappa shape index (κ1) is 25.3. The molecule has 5 aromatic rings. The van der Waals surface area contributed by atoms with Crippen LogP contribution in [0.2, 0.25) is 0 Å². The van der Waals surface area contributed by atoms with E-state index >= 15 is 0 Å². The molecule has 11 heteroatoms. The molecule has 1 atom stereocenters. The summed E-state index contributed by atoms with van der Waals surface area (Å²) in [5.74, 6) is 0.585. The topological polar surface area (TPSA) is 100 Å². The van der Waals surface area contributed by atoms with Crippen LogP contribution >= 0.6 is 39.0 Å². The van der Waals surface area contributed by atoms with Gasteiger partial charge in [0.15, 0.2) is 5.13 Å². The molecule has 2 amide bonds. The van der Waals surface area contributed by atoms with Gasteiger partial charge in [0.25, 0.3) is 0 Å². The number of thioether (sulfide) groups is 1. The molecule has 7 rings (SSSR count). The van der Waals surface area contributed by atoms with Gasteiger partial charge in [-0.1, -0.05) is 48.5 Å². The summed E-state index contributed by atoms with van der Waals surface area (Å²) in [5.41, 5.74) is 7.05. The Morgan fingerprint density at radius 3 is 2.62 bits per heavy atom. The maximum atomic E-state index is 13.2. The van der Waals surface area contributed by atoms with Gasteiger partial charge in [-0.05, 0) is 44.3 Å². The lowest BCUT2D eigenvalue weighted by molar-refractivity contribution is -0.119. The molecule has 2 aromatic carbocycles. The fraction of sp³-hybridized carbons (Fsp3) is 0.172. The van der Waals surface area contributed by atoms with E-state index in [0.29, 0.717) is 16.8 Å². The SMILES string of the molecule is O=C(Nc1nc(-c2c[nH]c3ncc(Br)cc23)cs1)[C@H]1CSCN1C(=O)OCC1c2ccccc2-c2ccccc21. The monoisotopic (exact) mass is 631 g/mol. The number of ether oxygens (including phenoxy) is 1. The van der Waals surface area contributed by atoms with E-state index in [2.05, 4.69) is 60.5 Å². The molecule has 40 heavy (non-hydrogen) atoms. The number of aromatic amines is 1. The number of pyridine rings is 1. The lowest BCUT2D eigenvalue weighted by Gasteiger charge is -2.23. The van der Waals surface area contributed by atoms with Crippen molar-refractivity contribution in [2.45, 2.75) is 12.0 Å². The van der Waals surface area contributed by atoms with Crippen LogP contribution in [0.1, 0.15) is 17.0 Å². The maximum Gasteiger partial charge on any atom is 0.411 e. The van der Waals surface area contributed by atoms with Crippen molar-refractivity contribution in [2.24, 2.45) is 0 Å². The number of fused-ring (bicyclic) bond motifs is 4.